The molecule has 1 N–H and O–H groups in total. The fourth-order valence-electron chi connectivity index (χ4n) is 1.82. The molecule has 1 aromatic heterocycles. The lowest BCUT2D eigenvalue weighted by Crippen LogP contribution is -2.28. The van der Waals surface area contributed by atoms with Crippen molar-refractivity contribution in [3.8, 4) is 5.75 Å². The molecule has 0 unspecified atom stereocenters. The third kappa shape index (κ3) is 5.07. The van der Waals surface area contributed by atoms with Crippen molar-refractivity contribution in [3.05, 3.63) is 54.2 Å². The van der Waals surface area contributed by atoms with Crippen molar-refractivity contribution < 1.29 is 9.53 Å². The van der Waals surface area contributed by atoms with E-state index < -0.39 is 0 Å². The first kappa shape index (κ1) is 16.4. The summed E-state index contributed by atoms with van der Waals surface area (Å²) in [5, 5.41) is 3.65. The van der Waals surface area contributed by atoms with Crippen molar-refractivity contribution >= 4 is 17.7 Å². The van der Waals surface area contributed by atoms with Gasteiger partial charge in [0.25, 0.3) is 5.91 Å². The monoisotopic (exact) mass is 316 g/mol. The topological polar surface area (TPSA) is 51.2 Å². The molecule has 0 fully saturated rings. The number of para-hydroxylation sites is 1. The lowest BCUT2D eigenvalue weighted by atomic mass is 10.2. The van der Waals surface area contributed by atoms with E-state index in [9.17, 15) is 4.79 Å². The third-order valence-corrected chi connectivity index (χ3v) is 4.07. The molecule has 4 nitrogen and oxygen atoms in total. The van der Waals surface area contributed by atoms with Crippen LogP contribution in [0.2, 0.25) is 0 Å². The third-order valence-electron chi connectivity index (χ3n) is 2.86. The Labute approximate surface area is 135 Å². The molecule has 0 bridgehead atoms. The Hall–Kier alpha value is -2.01. The van der Waals surface area contributed by atoms with Gasteiger partial charge in [0.05, 0.1) is 12.1 Å². The molecule has 0 aliphatic carbocycles. The molecule has 2 rings (SSSR count). The highest BCUT2D eigenvalue weighted by Crippen LogP contribution is 2.20. The molecule has 116 valence electrons. The molecule has 1 heterocycles. The first-order valence-electron chi connectivity index (χ1n) is 7.35. The van der Waals surface area contributed by atoms with Gasteiger partial charge in [-0.05, 0) is 36.4 Å². The van der Waals surface area contributed by atoms with Crippen LogP contribution in [0, 0.1) is 0 Å². The molecule has 22 heavy (non-hydrogen) atoms. The van der Waals surface area contributed by atoms with E-state index in [1.807, 2.05) is 30.3 Å². The van der Waals surface area contributed by atoms with Crippen LogP contribution < -0.4 is 10.1 Å². The summed E-state index contributed by atoms with van der Waals surface area (Å²) in [5.74, 6) is 1.65. The summed E-state index contributed by atoms with van der Waals surface area (Å²) in [5.41, 5.74) is 0.626. The van der Waals surface area contributed by atoms with Crippen molar-refractivity contribution in [3.63, 3.8) is 0 Å². The number of benzene rings is 1. The number of carbonyl (C=O) groups is 1. The Morgan fingerprint density at radius 1 is 1.23 bits per heavy atom. The standard InChI is InChI=1S/C17H20N2O2S/c1-2-13-22-17-15(9-6-10-19-17)16(20)18-11-12-21-14-7-4-3-5-8-14/h3-10H,2,11-13H2,1H3,(H,18,20). The number of pyridine rings is 1. The van der Waals surface area contributed by atoms with Crippen LogP contribution in [-0.2, 0) is 0 Å². The van der Waals surface area contributed by atoms with Crippen LogP contribution >= 0.6 is 11.8 Å². The first-order chi connectivity index (χ1) is 10.8. The molecule has 1 aromatic carbocycles. The number of carbonyl (C=O) groups excluding carboxylic acids is 1. The molecule has 0 atom stereocenters. The van der Waals surface area contributed by atoms with Gasteiger partial charge in [0, 0.05) is 6.20 Å². The van der Waals surface area contributed by atoms with Crippen molar-refractivity contribution in [2.75, 3.05) is 18.9 Å². The SMILES string of the molecule is CCCSc1ncccc1C(=O)NCCOc1ccccc1. The van der Waals surface area contributed by atoms with Crippen molar-refractivity contribution in [2.45, 2.75) is 18.4 Å². The maximum absolute atomic E-state index is 12.2. The van der Waals surface area contributed by atoms with Crippen LogP contribution in [0.3, 0.4) is 0 Å². The average Bonchev–Trinajstić information content (AvgIpc) is 2.58. The molecule has 0 aliphatic heterocycles. The summed E-state index contributed by atoms with van der Waals surface area (Å²) < 4.78 is 5.55. The predicted octanol–water partition coefficient (Wildman–Crippen LogP) is 3.39. The second kappa shape index (κ2) is 9.10. The van der Waals surface area contributed by atoms with Crippen LogP contribution in [0.4, 0.5) is 0 Å². The number of aromatic nitrogens is 1. The smallest absolute Gasteiger partial charge is 0.254 e. The van der Waals surface area contributed by atoms with E-state index in [2.05, 4.69) is 17.2 Å². The molecule has 0 saturated heterocycles. The summed E-state index contributed by atoms with van der Waals surface area (Å²) in [6, 6.07) is 13.1. The lowest BCUT2D eigenvalue weighted by Gasteiger charge is -2.09. The van der Waals surface area contributed by atoms with E-state index in [-0.39, 0.29) is 5.91 Å². The summed E-state index contributed by atoms with van der Waals surface area (Å²) in [6.45, 7) is 3.00. The minimum Gasteiger partial charge on any atom is -0.492 e. The zero-order chi connectivity index (χ0) is 15.6. The maximum atomic E-state index is 12.2. The van der Waals surface area contributed by atoms with E-state index in [1.54, 1.807) is 30.1 Å². The normalized spacial score (nSPS) is 10.2. The minimum absolute atomic E-state index is 0.108. The minimum atomic E-state index is -0.108. The van der Waals surface area contributed by atoms with Crippen LogP contribution in [0.1, 0.15) is 23.7 Å². The number of amides is 1. The molecule has 0 radical (unpaired) electrons. The number of ether oxygens (including phenoxy) is 1. The van der Waals surface area contributed by atoms with Crippen molar-refractivity contribution in [1.29, 1.82) is 0 Å². The number of thioether (sulfide) groups is 1. The Morgan fingerprint density at radius 3 is 2.82 bits per heavy atom. The zero-order valence-corrected chi connectivity index (χ0v) is 13.4. The van der Waals surface area contributed by atoms with Gasteiger partial charge in [-0.2, -0.15) is 0 Å². The Kier molecular flexibility index (Phi) is 6.77. The molecule has 0 aliphatic rings. The molecule has 0 spiro atoms. The molecule has 2 aromatic rings. The number of hydrogen-bond acceptors (Lipinski definition) is 4. The van der Waals surface area contributed by atoms with Gasteiger partial charge in [-0.3, -0.25) is 4.79 Å². The molecule has 1 amide bonds. The van der Waals surface area contributed by atoms with E-state index in [1.165, 1.54) is 0 Å². The highest BCUT2D eigenvalue weighted by Gasteiger charge is 2.11. The molecule has 0 saturated carbocycles. The number of rotatable bonds is 8. The summed E-state index contributed by atoms with van der Waals surface area (Å²) in [6.07, 6.45) is 2.76. The molecule has 5 heteroatoms. The molecular formula is C17H20N2O2S. The fraction of sp³-hybridized carbons (Fsp3) is 0.294. The van der Waals surface area contributed by atoms with E-state index in [0.29, 0.717) is 18.7 Å². The fourth-order valence-corrected chi connectivity index (χ4v) is 2.67. The number of nitrogens with zero attached hydrogens (tertiary/aromatic N) is 1. The van der Waals surface area contributed by atoms with Gasteiger partial charge < -0.3 is 10.1 Å². The van der Waals surface area contributed by atoms with Gasteiger partial charge in [0.2, 0.25) is 0 Å². The molecular weight excluding hydrogens is 296 g/mol. The summed E-state index contributed by atoms with van der Waals surface area (Å²) in [4.78, 5) is 16.5. The highest BCUT2D eigenvalue weighted by molar-refractivity contribution is 7.99. The Bertz CT molecular complexity index is 590. The van der Waals surface area contributed by atoms with Crippen LogP contribution in [0.25, 0.3) is 0 Å². The second-order valence-corrected chi connectivity index (χ2v) is 5.71. The number of nitrogens with one attached hydrogen (secondary N) is 1. The van der Waals surface area contributed by atoms with Crippen molar-refractivity contribution in [1.82, 2.24) is 10.3 Å². The maximum Gasteiger partial charge on any atom is 0.254 e. The summed E-state index contributed by atoms with van der Waals surface area (Å²) in [7, 11) is 0. The van der Waals surface area contributed by atoms with E-state index >= 15 is 0 Å². The van der Waals surface area contributed by atoms with E-state index in [4.69, 9.17) is 4.74 Å². The van der Waals surface area contributed by atoms with Crippen LogP contribution in [0.5, 0.6) is 5.75 Å². The van der Waals surface area contributed by atoms with Gasteiger partial charge >= 0.3 is 0 Å². The van der Waals surface area contributed by atoms with Crippen LogP contribution in [0.15, 0.2) is 53.7 Å². The summed E-state index contributed by atoms with van der Waals surface area (Å²) >= 11 is 1.61. The van der Waals surface area contributed by atoms with E-state index in [0.717, 1.165) is 22.9 Å². The zero-order valence-electron chi connectivity index (χ0n) is 12.6. The Morgan fingerprint density at radius 2 is 2.05 bits per heavy atom. The van der Waals surface area contributed by atoms with Gasteiger partial charge in [0.1, 0.15) is 17.4 Å². The highest BCUT2D eigenvalue weighted by atomic mass is 32.2. The largest absolute Gasteiger partial charge is 0.492 e. The number of hydrogen-bond donors (Lipinski definition) is 1. The average molecular weight is 316 g/mol. The Balaban J connectivity index is 1.82. The van der Waals surface area contributed by atoms with Crippen molar-refractivity contribution in [2.24, 2.45) is 0 Å². The first-order valence-corrected chi connectivity index (χ1v) is 8.33. The van der Waals surface area contributed by atoms with Crippen LogP contribution in [-0.4, -0.2) is 29.8 Å². The predicted molar refractivity (Wildman–Crippen MR) is 89.5 cm³/mol. The quantitative estimate of drug-likeness (QED) is 0.599. The lowest BCUT2D eigenvalue weighted by molar-refractivity contribution is 0.0943. The van der Waals surface area contributed by atoms with Gasteiger partial charge in [-0.1, -0.05) is 25.1 Å². The van der Waals surface area contributed by atoms with Gasteiger partial charge in [-0.25, -0.2) is 4.98 Å². The van der Waals surface area contributed by atoms with Gasteiger partial charge in [-0.15, -0.1) is 11.8 Å². The second-order valence-electron chi connectivity index (χ2n) is 4.62. The van der Waals surface area contributed by atoms with Gasteiger partial charge in [0.15, 0.2) is 0 Å².